The molecular weight excluding hydrogens is 582 g/mol. The van der Waals surface area contributed by atoms with Gasteiger partial charge in [-0.15, -0.1) is 0 Å². The van der Waals surface area contributed by atoms with Gasteiger partial charge in [0, 0.05) is 13.8 Å². The summed E-state index contributed by atoms with van der Waals surface area (Å²) in [6.07, 6.45) is -0.301. The zero-order valence-electron chi connectivity index (χ0n) is 25.1. The standard InChI is InChI=1S/C16H15FO6.C16H19FO4/c1-16(2)22-14(19)12(15(20)23-16)13(18)11-5-3-8-7-9(17)4-6-10(8)21-11;1-16(2,3)21-15(19)9-12(18)14-6-4-10-8-11(17)5-7-13(10)20-14/h4,6-7,11-12H,3,5H2,1-2H3;5,7-8,14H,4,6,9H2,1-3H3. The molecule has 2 aromatic carbocycles. The SMILES string of the molecule is CC(C)(C)OC(=O)CC(=O)C1CCc2cc(F)ccc2O1.CC1(C)OC(=O)C(C(=O)C2CCc3cc(F)ccc3O2)C(=O)O1. The fraction of sp³-hybridized carbons (Fsp3) is 0.469. The number of fused-ring (bicyclic) bond motifs is 2. The van der Waals surface area contributed by atoms with Gasteiger partial charge in [-0.2, -0.15) is 0 Å². The first-order valence-corrected chi connectivity index (χ1v) is 14.2. The number of Topliss-reactive ketones (excluding diaryl/α,β-unsaturated/α-hetero) is 2. The smallest absolute Gasteiger partial charge is 0.331 e. The molecule has 3 aliphatic heterocycles. The van der Waals surface area contributed by atoms with Gasteiger partial charge in [-0.25, -0.2) is 8.78 Å². The molecule has 0 aliphatic carbocycles. The first kappa shape index (κ1) is 32.6. The summed E-state index contributed by atoms with van der Waals surface area (Å²) in [5.41, 5.74) is 0.773. The molecule has 2 aromatic rings. The second kappa shape index (κ2) is 12.7. The van der Waals surface area contributed by atoms with E-state index in [4.69, 9.17) is 23.7 Å². The predicted octanol–water partition coefficient (Wildman–Crippen LogP) is 4.36. The highest BCUT2D eigenvalue weighted by molar-refractivity contribution is 6.17. The summed E-state index contributed by atoms with van der Waals surface area (Å²) >= 11 is 0. The van der Waals surface area contributed by atoms with Crippen molar-refractivity contribution in [3.8, 4) is 11.5 Å². The molecule has 3 aliphatic rings. The topological polar surface area (TPSA) is 132 Å². The van der Waals surface area contributed by atoms with Crippen LogP contribution in [0.25, 0.3) is 0 Å². The summed E-state index contributed by atoms with van der Waals surface area (Å²) < 4.78 is 52.4. The summed E-state index contributed by atoms with van der Waals surface area (Å²) in [5, 5.41) is 0. The number of benzene rings is 2. The molecule has 1 saturated heterocycles. The number of ether oxygens (including phenoxy) is 5. The van der Waals surface area contributed by atoms with Crippen LogP contribution in [-0.2, 0) is 51.0 Å². The number of esters is 3. The summed E-state index contributed by atoms with van der Waals surface area (Å²) in [4.78, 5) is 60.1. The summed E-state index contributed by atoms with van der Waals surface area (Å²) in [5.74, 6) is -6.31. The number of halogens is 2. The van der Waals surface area contributed by atoms with Crippen LogP contribution in [0.15, 0.2) is 36.4 Å². The van der Waals surface area contributed by atoms with E-state index in [0.29, 0.717) is 36.3 Å². The lowest BCUT2D eigenvalue weighted by molar-refractivity contribution is -0.239. The highest BCUT2D eigenvalue weighted by Gasteiger charge is 2.50. The first-order valence-electron chi connectivity index (χ1n) is 14.2. The monoisotopic (exact) mass is 616 g/mol. The Morgan fingerprint density at radius 2 is 1.32 bits per heavy atom. The van der Waals surface area contributed by atoms with Crippen LogP contribution in [0.1, 0.15) is 65.0 Å². The number of carbonyl (C=O) groups is 5. The van der Waals surface area contributed by atoms with E-state index in [0.717, 1.165) is 5.56 Å². The Morgan fingerprint density at radius 3 is 1.82 bits per heavy atom. The quantitative estimate of drug-likeness (QED) is 0.353. The fourth-order valence-corrected chi connectivity index (χ4v) is 4.91. The lowest BCUT2D eigenvalue weighted by Crippen LogP contribution is -2.52. The lowest BCUT2D eigenvalue weighted by atomic mass is 9.92. The molecule has 0 aromatic heterocycles. The number of aryl methyl sites for hydroxylation is 2. The third kappa shape index (κ3) is 8.18. The van der Waals surface area contributed by atoms with E-state index in [1.54, 1.807) is 20.8 Å². The van der Waals surface area contributed by atoms with Gasteiger partial charge in [-0.1, -0.05) is 0 Å². The van der Waals surface area contributed by atoms with Crippen molar-refractivity contribution < 1.29 is 56.4 Å². The van der Waals surface area contributed by atoms with Crippen LogP contribution in [-0.4, -0.2) is 53.1 Å². The van der Waals surface area contributed by atoms with E-state index in [9.17, 15) is 32.8 Å². The molecule has 0 radical (unpaired) electrons. The molecule has 10 nitrogen and oxygen atoms in total. The number of carbonyl (C=O) groups excluding carboxylic acids is 5. The molecule has 1 fully saturated rings. The average Bonchev–Trinajstić information content (AvgIpc) is 2.90. The molecule has 5 rings (SSSR count). The molecule has 2 atom stereocenters. The number of hydrogen-bond acceptors (Lipinski definition) is 10. The Balaban J connectivity index is 0.000000202. The third-order valence-electron chi connectivity index (χ3n) is 6.80. The Hall–Kier alpha value is -4.35. The van der Waals surface area contributed by atoms with E-state index >= 15 is 0 Å². The van der Waals surface area contributed by atoms with Crippen LogP contribution in [0.3, 0.4) is 0 Å². The maximum Gasteiger partial charge on any atom is 0.331 e. The van der Waals surface area contributed by atoms with E-state index in [1.165, 1.54) is 50.2 Å². The van der Waals surface area contributed by atoms with Crippen LogP contribution in [0.2, 0.25) is 0 Å². The Kier molecular flexibility index (Phi) is 9.41. The van der Waals surface area contributed by atoms with Crippen LogP contribution in [0, 0.1) is 17.6 Å². The molecule has 0 saturated carbocycles. The van der Waals surface area contributed by atoms with E-state index in [1.807, 2.05) is 0 Å². The largest absolute Gasteiger partial charge is 0.482 e. The Bertz CT molecular complexity index is 1460. The minimum absolute atomic E-state index is 0.246. The van der Waals surface area contributed by atoms with Crippen LogP contribution in [0.5, 0.6) is 11.5 Å². The predicted molar refractivity (Wildman–Crippen MR) is 149 cm³/mol. The number of rotatable bonds is 5. The van der Waals surface area contributed by atoms with Gasteiger partial charge >= 0.3 is 17.9 Å². The van der Waals surface area contributed by atoms with Crippen LogP contribution >= 0.6 is 0 Å². The zero-order chi connectivity index (χ0) is 32.4. The fourth-order valence-electron chi connectivity index (χ4n) is 4.91. The van der Waals surface area contributed by atoms with Gasteiger partial charge in [0.2, 0.25) is 5.92 Å². The van der Waals surface area contributed by atoms with Crippen molar-refractivity contribution in [2.75, 3.05) is 0 Å². The average molecular weight is 617 g/mol. The molecule has 236 valence electrons. The van der Waals surface area contributed by atoms with Crippen LogP contribution in [0.4, 0.5) is 8.78 Å². The minimum atomic E-state index is -1.64. The second-order valence-electron chi connectivity index (χ2n) is 12.1. The molecule has 0 amide bonds. The summed E-state index contributed by atoms with van der Waals surface area (Å²) in [7, 11) is 0. The highest BCUT2D eigenvalue weighted by atomic mass is 19.1. The normalized spacial score (nSPS) is 20.6. The van der Waals surface area contributed by atoms with Crippen molar-refractivity contribution in [3.63, 3.8) is 0 Å². The van der Waals surface area contributed by atoms with Gasteiger partial charge in [-0.3, -0.25) is 24.0 Å². The highest BCUT2D eigenvalue weighted by Crippen LogP contribution is 2.32. The maximum absolute atomic E-state index is 13.2. The number of ketones is 2. The second-order valence-corrected chi connectivity index (χ2v) is 12.1. The molecule has 0 bridgehead atoms. The van der Waals surface area contributed by atoms with Crippen LogP contribution < -0.4 is 9.47 Å². The summed E-state index contributed by atoms with van der Waals surface area (Å²) in [6.45, 7) is 8.06. The van der Waals surface area contributed by atoms with Gasteiger partial charge in [0.05, 0.1) is 0 Å². The molecule has 3 heterocycles. The van der Waals surface area contributed by atoms with E-state index in [2.05, 4.69) is 0 Å². The van der Waals surface area contributed by atoms with Gasteiger partial charge in [0.25, 0.3) is 5.79 Å². The van der Waals surface area contributed by atoms with Gasteiger partial charge in [0.1, 0.15) is 35.2 Å². The molecular formula is C32H34F2O10. The van der Waals surface area contributed by atoms with Crippen molar-refractivity contribution >= 4 is 29.5 Å². The van der Waals surface area contributed by atoms with E-state index in [-0.39, 0.29) is 24.4 Å². The van der Waals surface area contributed by atoms with E-state index < -0.39 is 59.0 Å². The van der Waals surface area contributed by atoms with Crippen molar-refractivity contribution in [1.29, 1.82) is 0 Å². The van der Waals surface area contributed by atoms with Crippen molar-refractivity contribution in [2.45, 2.75) is 90.3 Å². The molecule has 0 spiro atoms. The van der Waals surface area contributed by atoms with Crippen molar-refractivity contribution in [3.05, 3.63) is 59.2 Å². The lowest BCUT2D eigenvalue weighted by Gasteiger charge is -2.34. The van der Waals surface area contributed by atoms with Crippen molar-refractivity contribution in [1.82, 2.24) is 0 Å². The Morgan fingerprint density at radius 1 is 0.841 bits per heavy atom. The molecule has 0 N–H and O–H groups in total. The maximum atomic E-state index is 13.2. The van der Waals surface area contributed by atoms with Crippen molar-refractivity contribution in [2.24, 2.45) is 5.92 Å². The first-order chi connectivity index (χ1) is 20.5. The van der Waals surface area contributed by atoms with Gasteiger partial charge in [0.15, 0.2) is 23.8 Å². The summed E-state index contributed by atoms with van der Waals surface area (Å²) in [6, 6.07) is 8.19. The minimum Gasteiger partial charge on any atom is -0.482 e. The third-order valence-corrected chi connectivity index (χ3v) is 6.80. The molecule has 2 unspecified atom stereocenters. The van der Waals surface area contributed by atoms with Gasteiger partial charge in [-0.05, 0) is 94.0 Å². The number of cyclic esters (lactones) is 2. The zero-order valence-corrected chi connectivity index (χ0v) is 25.1. The molecule has 12 heteroatoms. The number of hydrogen-bond donors (Lipinski definition) is 0. The molecule has 44 heavy (non-hydrogen) atoms. The Labute approximate surface area is 252 Å². The van der Waals surface area contributed by atoms with Gasteiger partial charge < -0.3 is 23.7 Å².